The molecule has 14 heavy (non-hydrogen) atoms. The van der Waals surface area contributed by atoms with E-state index in [0.29, 0.717) is 0 Å². The molecular weight excluding hydrogens is 192 g/mol. The molecule has 0 aromatic carbocycles. The largest absolute Gasteiger partial charge is 0.387 e. The summed E-state index contributed by atoms with van der Waals surface area (Å²) >= 11 is 0. The summed E-state index contributed by atoms with van der Waals surface area (Å²) in [6.45, 7) is 0.284. The highest BCUT2D eigenvalue weighted by atomic mass is 16.7. The lowest BCUT2D eigenvalue weighted by Crippen LogP contribution is -2.34. The molecule has 1 rings (SSSR count). The number of methoxy groups -OCH3 is 2. The van der Waals surface area contributed by atoms with E-state index in [1.807, 2.05) is 0 Å². The van der Waals surface area contributed by atoms with Crippen molar-refractivity contribution in [2.24, 2.45) is 0 Å². The summed E-state index contributed by atoms with van der Waals surface area (Å²) in [4.78, 5) is 0. The summed E-state index contributed by atoms with van der Waals surface area (Å²) in [5.41, 5.74) is 0. The lowest BCUT2D eigenvalue weighted by atomic mass is 10.1. The maximum absolute atomic E-state index is 9.48. The molecule has 1 heterocycles. The van der Waals surface area contributed by atoms with Crippen molar-refractivity contribution in [3.05, 3.63) is 0 Å². The van der Waals surface area contributed by atoms with E-state index in [1.54, 1.807) is 0 Å². The van der Waals surface area contributed by atoms with Gasteiger partial charge in [-0.05, 0) is 0 Å². The molecule has 0 saturated carbocycles. The molecule has 0 bridgehead atoms. The van der Waals surface area contributed by atoms with Gasteiger partial charge in [0.05, 0.1) is 6.61 Å². The quantitative estimate of drug-likeness (QED) is 0.432. The van der Waals surface area contributed by atoms with Crippen LogP contribution in [0.15, 0.2) is 0 Å². The highest BCUT2D eigenvalue weighted by molar-refractivity contribution is 4.86. The molecule has 1 aliphatic rings. The summed E-state index contributed by atoms with van der Waals surface area (Å²) < 4.78 is 19.7. The lowest BCUT2D eigenvalue weighted by molar-refractivity contribution is -0.162. The van der Waals surface area contributed by atoms with Gasteiger partial charge in [0, 0.05) is 14.2 Å². The highest BCUT2D eigenvalue weighted by Crippen LogP contribution is 2.21. The average molecular weight is 208 g/mol. The first-order chi connectivity index (χ1) is 6.70. The Labute approximate surface area is 82.3 Å². The highest BCUT2D eigenvalue weighted by Gasteiger charge is 2.42. The third-order valence-electron chi connectivity index (χ3n) is 2.03. The Balaban J connectivity index is 2.32. The first kappa shape index (κ1) is 11.8. The molecule has 84 valence electrons. The standard InChI is InChI=1S/C8H16O6/c1-11-4-13-3-5-6(9)7(10)8(12-2)14-5/h5-10H,3-4H2,1-2H3/t5-,6-,7-,8+/m1/s1. The van der Waals surface area contributed by atoms with Crippen LogP contribution in [-0.4, -0.2) is 62.4 Å². The molecule has 0 aromatic rings. The molecule has 6 nitrogen and oxygen atoms in total. The summed E-state index contributed by atoms with van der Waals surface area (Å²) in [6.07, 6.45) is -3.39. The van der Waals surface area contributed by atoms with Gasteiger partial charge in [0.2, 0.25) is 0 Å². The van der Waals surface area contributed by atoms with Gasteiger partial charge in [-0.1, -0.05) is 0 Å². The van der Waals surface area contributed by atoms with Crippen LogP contribution < -0.4 is 0 Å². The average Bonchev–Trinajstić information content (AvgIpc) is 2.46. The fraction of sp³-hybridized carbons (Fsp3) is 1.00. The summed E-state index contributed by atoms with van der Waals surface area (Å²) in [6, 6.07) is 0. The van der Waals surface area contributed by atoms with Gasteiger partial charge in [-0.25, -0.2) is 0 Å². The molecule has 0 amide bonds. The Morgan fingerprint density at radius 3 is 2.43 bits per heavy atom. The van der Waals surface area contributed by atoms with Gasteiger partial charge in [-0.2, -0.15) is 0 Å². The zero-order chi connectivity index (χ0) is 10.6. The van der Waals surface area contributed by atoms with Crippen LogP contribution in [-0.2, 0) is 18.9 Å². The monoisotopic (exact) mass is 208 g/mol. The fourth-order valence-corrected chi connectivity index (χ4v) is 1.29. The van der Waals surface area contributed by atoms with Gasteiger partial charge >= 0.3 is 0 Å². The van der Waals surface area contributed by atoms with Crippen molar-refractivity contribution < 1.29 is 29.2 Å². The molecule has 0 radical (unpaired) electrons. The Bertz CT molecular complexity index is 164. The molecule has 1 fully saturated rings. The first-order valence-electron chi connectivity index (χ1n) is 4.31. The van der Waals surface area contributed by atoms with Crippen LogP contribution in [0.2, 0.25) is 0 Å². The second kappa shape index (κ2) is 5.59. The minimum atomic E-state index is -1.03. The van der Waals surface area contributed by atoms with Crippen molar-refractivity contribution >= 4 is 0 Å². The zero-order valence-corrected chi connectivity index (χ0v) is 8.25. The Morgan fingerprint density at radius 2 is 1.93 bits per heavy atom. The molecule has 0 unspecified atom stereocenters. The minimum absolute atomic E-state index is 0.125. The van der Waals surface area contributed by atoms with Crippen LogP contribution >= 0.6 is 0 Å². The Hall–Kier alpha value is -0.240. The predicted octanol–water partition coefficient (Wildman–Crippen LogP) is -1.30. The van der Waals surface area contributed by atoms with Crippen LogP contribution in [0.5, 0.6) is 0 Å². The minimum Gasteiger partial charge on any atom is -0.387 e. The molecule has 6 heteroatoms. The second-order valence-corrected chi connectivity index (χ2v) is 3.04. The number of ether oxygens (including phenoxy) is 4. The van der Waals surface area contributed by atoms with Crippen molar-refractivity contribution in [2.45, 2.75) is 24.6 Å². The maximum Gasteiger partial charge on any atom is 0.186 e. The Morgan fingerprint density at radius 1 is 1.21 bits per heavy atom. The van der Waals surface area contributed by atoms with Gasteiger partial charge < -0.3 is 29.2 Å². The van der Waals surface area contributed by atoms with E-state index < -0.39 is 24.6 Å². The number of hydrogen-bond donors (Lipinski definition) is 2. The van der Waals surface area contributed by atoms with Crippen LogP contribution in [0.4, 0.5) is 0 Å². The van der Waals surface area contributed by atoms with E-state index >= 15 is 0 Å². The third-order valence-corrected chi connectivity index (χ3v) is 2.03. The molecule has 0 spiro atoms. The molecule has 1 aliphatic heterocycles. The van der Waals surface area contributed by atoms with Crippen LogP contribution in [0.25, 0.3) is 0 Å². The van der Waals surface area contributed by atoms with E-state index in [1.165, 1.54) is 14.2 Å². The van der Waals surface area contributed by atoms with Gasteiger partial charge in [0.25, 0.3) is 0 Å². The molecular formula is C8H16O6. The van der Waals surface area contributed by atoms with Gasteiger partial charge in [-0.15, -0.1) is 0 Å². The van der Waals surface area contributed by atoms with Crippen molar-refractivity contribution in [3.8, 4) is 0 Å². The molecule has 1 saturated heterocycles. The summed E-state index contributed by atoms with van der Waals surface area (Å²) in [7, 11) is 2.90. The van der Waals surface area contributed by atoms with Crippen molar-refractivity contribution in [2.75, 3.05) is 27.6 Å². The topological polar surface area (TPSA) is 77.4 Å². The predicted molar refractivity (Wildman–Crippen MR) is 45.5 cm³/mol. The van der Waals surface area contributed by atoms with Crippen molar-refractivity contribution in [1.82, 2.24) is 0 Å². The zero-order valence-electron chi connectivity index (χ0n) is 8.25. The van der Waals surface area contributed by atoms with Crippen LogP contribution in [0, 0.1) is 0 Å². The van der Waals surface area contributed by atoms with Gasteiger partial charge in [0.15, 0.2) is 6.29 Å². The summed E-state index contributed by atoms with van der Waals surface area (Å²) in [5.74, 6) is 0. The van der Waals surface area contributed by atoms with Gasteiger partial charge in [0.1, 0.15) is 25.1 Å². The van der Waals surface area contributed by atoms with Gasteiger partial charge in [-0.3, -0.25) is 0 Å². The number of aliphatic hydroxyl groups is 2. The smallest absolute Gasteiger partial charge is 0.186 e. The first-order valence-corrected chi connectivity index (χ1v) is 4.31. The lowest BCUT2D eigenvalue weighted by Gasteiger charge is -2.13. The molecule has 0 aliphatic carbocycles. The molecule has 2 N–H and O–H groups in total. The van der Waals surface area contributed by atoms with E-state index in [9.17, 15) is 10.2 Å². The van der Waals surface area contributed by atoms with Crippen molar-refractivity contribution in [3.63, 3.8) is 0 Å². The normalized spacial score (nSPS) is 37.7. The maximum atomic E-state index is 9.48. The fourth-order valence-electron chi connectivity index (χ4n) is 1.29. The van der Waals surface area contributed by atoms with Crippen molar-refractivity contribution in [1.29, 1.82) is 0 Å². The van der Waals surface area contributed by atoms with E-state index in [-0.39, 0.29) is 13.4 Å². The second-order valence-electron chi connectivity index (χ2n) is 3.04. The number of aliphatic hydroxyl groups excluding tert-OH is 2. The SMILES string of the molecule is COCOC[C@H]1O[C@H](OC)[C@H](O)[C@@H]1O. The van der Waals surface area contributed by atoms with Crippen LogP contribution in [0.3, 0.4) is 0 Å². The Kier molecular flexibility index (Phi) is 4.73. The molecule has 4 atom stereocenters. The third kappa shape index (κ3) is 2.63. The molecule has 0 aromatic heterocycles. The summed E-state index contributed by atoms with van der Waals surface area (Å²) in [5, 5.41) is 18.9. The van der Waals surface area contributed by atoms with E-state index in [0.717, 1.165) is 0 Å². The van der Waals surface area contributed by atoms with E-state index in [2.05, 4.69) is 4.74 Å². The van der Waals surface area contributed by atoms with E-state index in [4.69, 9.17) is 14.2 Å². The number of hydrogen-bond acceptors (Lipinski definition) is 6. The number of rotatable bonds is 5. The van der Waals surface area contributed by atoms with Crippen LogP contribution in [0.1, 0.15) is 0 Å².